The van der Waals surface area contributed by atoms with Gasteiger partial charge in [-0.25, -0.2) is 4.79 Å². The summed E-state index contributed by atoms with van der Waals surface area (Å²) < 4.78 is 5.25. The molecule has 1 N–H and O–H groups in total. The number of carbonyl (C=O) groups is 1. The smallest absolute Gasteiger partial charge is 0.407 e. The zero-order chi connectivity index (χ0) is 13.6. The molecule has 1 unspecified atom stereocenters. The number of amides is 1. The van der Waals surface area contributed by atoms with Crippen LogP contribution in [0.15, 0.2) is 0 Å². The average Bonchev–Trinajstić information content (AvgIpc) is 2.39. The number of rotatable bonds is 11. The first-order chi connectivity index (χ1) is 8.74. The maximum atomic E-state index is 11.4. The first-order valence-electron chi connectivity index (χ1n) is 7.65. The third-order valence-electron chi connectivity index (χ3n) is 3.29. The summed E-state index contributed by atoms with van der Waals surface area (Å²) in [5, 5.41) is 2.82. The third-order valence-corrected chi connectivity index (χ3v) is 3.29. The van der Waals surface area contributed by atoms with Crippen LogP contribution in [-0.2, 0) is 4.74 Å². The quantitative estimate of drug-likeness (QED) is 0.553. The van der Waals surface area contributed by atoms with Crippen LogP contribution in [-0.4, -0.2) is 19.2 Å². The minimum absolute atomic E-state index is 0.249. The van der Waals surface area contributed by atoms with Gasteiger partial charge in [-0.05, 0) is 18.8 Å². The number of carbonyl (C=O) groups excluding carboxylic acids is 1. The number of hydrogen-bond donors (Lipinski definition) is 1. The van der Waals surface area contributed by atoms with Crippen molar-refractivity contribution in [1.29, 1.82) is 0 Å². The van der Waals surface area contributed by atoms with Gasteiger partial charge in [0.1, 0.15) is 0 Å². The molecule has 0 aromatic carbocycles. The van der Waals surface area contributed by atoms with Crippen molar-refractivity contribution in [3.05, 3.63) is 0 Å². The van der Waals surface area contributed by atoms with Crippen molar-refractivity contribution >= 4 is 6.09 Å². The van der Waals surface area contributed by atoms with Crippen molar-refractivity contribution in [2.24, 2.45) is 5.92 Å². The van der Waals surface area contributed by atoms with Crippen LogP contribution in [0.1, 0.15) is 72.1 Å². The molecule has 0 aromatic heterocycles. The van der Waals surface area contributed by atoms with E-state index < -0.39 is 0 Å². The lowest BCUT2D eigenvalue weighted by molar-refractivity contribution is 0.122. The number of unbranched alkanes of at least 4 members (excludes halogenated alkanes) is 4. The van der Waals surface area contributed by atoms with Crippen LogP contribution in [0.5, 0.6) is 0 Å². The molecule has 0 saturated heterocycles. The topological polar surface area (TPSA) is 38.3 Å². The molecule has 0 spiro atoms. The maximum absolute atomic E-state index is 11.4. The summed E-state index contributed by atoms with van der Waals surface area (Å²) in [6.07, 6.45) is 9.13. The van der Waals surface area contributed by atoms with Gasteiger partial charge in [0, 0.05) is 6.54 Å². The number of hydrogen-bond acceptors (Lipinski definition) is 2. The number of alkyl carbamates (subject to hydrolysis) is 1. The summed E-state index contributed by atoms with van der Waals surface area (Å²) in [5.74, 6) is 0.524. The van der Waals surface area contributed by atoms with E-state index in [1.165, 1.54) is 32.1 Å². The summed E-state index contributed by atoms with van der Waals surface area (Å²) in [4.78, 5) is 11.4. The summed E-state index contributed by atoms with van der Waals surface area (Å²) in [6, 6.07) is 0. The maximum Gasteiger partial charge on any atom is 0.407 e. The van der Waals surface area contributed by atoms with E-state index in [0.717, 1.165) is 25.8 Å². The number of nitrogens with one attached hydrogen (secondary N) is 1. The minimum Gasteiger partial charge on any atom is -0.449 e. The predicted octanol–water partition coefficient (Wildman–Crippen LogP) is 4.51. The summed E-state index contributed by atoms with van der Waals surface area (Å²) >= 11 is 0. The van der Waals surface area contributed by atoms with Crippen LogP contribution in [0, 0.1) is 5.92 Å². The van der Waals surface area contributed by atoms with E-state index in [2.05, 4.69) is 26.1 Å². The molecule has 108 valence electrons. The van der Waals surface area contributed by atoms with Gasteiger partial charge in [-0.1, -0.05) is 59.3 Å². The van der Waals surface area contributed by atoms with Crippen molar-refractivity contribution in [3.63, 3.8) is 0 Å². The average molecular weight is 257 g/mol. The van der Waals surface area contributed by atoms with E-state index in [9.17, 15) is 4.79 Å². The Morgan fingerprint density at radius 1 is 1.06 bits per heavy atom. The van der Waals surface area contributed by atoms with Gasteiger partial charge >= 0.3 is 6.09 Å². The van der Waals surface area contributed by atoms with Crippen LogP contribution in [0.25, 0.3) is 0 Å². The van der Waals surface area contributed by atoms with Gasteiger partial charge < -0.3 is 10.1 Å². The summed E-state index contributed by atoms with van der Waals surface area (Å²) in [6.45, 7) is 7.84. The molecule has 0 radical (unpaired) electrons. The Labute approximate surface area is 113 Å². The van der Waals surface area contributed by atoms with Gasteiger partial charge in [-0.15, -0.1) is 0 Å². The standard InChI is InChI=1S/C15H31NO2/c1-4-7-9-10-12-16-15(17)18-13-14(6-3)11-8-5-2/h14H,4-13H2,1-3H3,(H,16,17). The highest BCUT2D eigenvalue weighted by Crippen LogP contribution is 2.12. The molecular formula is C15H31NO2. The van der Waals surface area contributed by atoms with Crippen LogP contribution in [0.2, 0.25) is 0 Å². The van der Waals surface area contributed by atoms with Crippen LogP contribution < -0.4 is 5.32 Å². The zero-order valence-electron chi connectivity index (χ0n) is 12.5. The molecule has 0 aliphatic heterocycles. The second-order valence-electron chi connectivity index (χ2n) is 5.00. The van der Waals surface area contributed by atoms with Crippen molar-refractivity contribution < 1.29 is 9.53 Å². The highest BCUT2D eigenvalue weighted by Gasteiger charge is 2.09. The lowest BCUT2D eigenvalue weighted by Crippen LogP contribution is -2.27. The molecule has 3 nitrogen and oxygen atoms in total. The molecule has 3 heteroatoms. The van der Waals surface area contributed by atoms with Crippen LogP contribution >= 0.6 is 0 Å². The fourth-order valence-electron chi connectivity index (χ4n) is 1.88. The SMILES string of the molecule is CCCCCCNC(=O)OCC(CC)CCCC. The van der Waals surface area contributed by atoms with Gasteiger partial charge in [0.25, 0.3) is 0 Å². The van der Waals surface area contributed by atoms with Crippen molar-refractivity contribution in [3.8, 4) is 0 Å². The molecule has 1 atom stereocenters. The highest BCUT2D eigenvalue weighted by molar-refractivity contribution is 5.66. The Balaban J connectivity index is 3.49. The summed E-state index contributed by atoms with van der Waals surface area (Å²) in [5.41, 5.74) is 0. The fraction of sp³-hybridized carbons (Fsp3) is 0.933. The molecule has 0 aliphatic rings. The minimum atomic E-state index is -0.249. The molecule has 0 aromatic rings. The monoisotopic (exact) mass is 257 g/mol. The largest absolute Gasteiger partial charge is 0.449 e. The molecule has 0 heterocycles. The Bertz CT molecular complexity index is 195. The van der Waals surface area contributed by atoms with Gasteiger partial charge in [0.05, 0.1) is 6.61 Å². The molecule has 0 fully saturated rings. The molecule has 18 heavy (non-hydrogen) atoms. The van der Waals surface area contributed by atoms with E-state index in [-0.39, 0.29) is 6.09 Å². The molecule has 0 rings (SSSR count). The van der Waals surface area contributed by atoms with Crippen LogP contribution in [0.3, 0.4) is 0 Å². The molecule has 0 aliphatic carbocycles. The zero-order valence-corrected chi connectivity index (χ0v) is 12.5. The second-order valence-corrected chi connectivity index (χ2v) is 5.00. The van der Waals surface area contributed by atoms with E-state index >= 15 is 0 Å². The van der Waals surface area contributed by atoms with Gasteiger partial charge in [0.15, 0.2) is 0 Å². The lowest BCUT2D eigenvalue weighted by Gasteiger charge is -2.14. The Morgan fingerprint density at radius 2 is 1.78 bits per heavy atom. The van der Waals surface area contributed by atoms with Crippen molar-refractivity contribution in [2.45, 2.75) is 72.1 Å². The van der Waals surface area contributed by atoms with E-state index in [0.29, 0.717) is 12.5 Å². The van der Waals surface area contributed by atoms with E-state index in [1.807, 2.05) is 0 Å². The second kappa shape index (κ2) is 12.7. The Kier molecular flexibility index (Phi) is 12.2. The highest BCUT2D eigenvalue weighted by atomic mass is 16.5. The normalized spacial score (nSPS) is 12.2. The summed E-state index contributed by atoms with van der Waals surface area (Å²) in [7, 11) is 0. The third kappa shape index (κ3) is 10.4. The molecule has 1 amide bonds. The Morgan fingerprint density at radius 3 is 2.39 bits per heavy atom. The van der Waals surface area contributed by atoms with E-state index in [4.69, 9.17) is 4.74 Å². The first-order valence-corrected chi connectivity index (χ1v) is 7.65. The molecule has 0 saturated carbocycles. The fourth-order valence-corrected chi connectivity index (χ4v) is 1.88. The van der Waals surface area contributed by atoms with E-state index in [1.54, 1.807) is 0 Å². The van der Waals surface area contributed by atoms with Crippen molar-refractivity contribution in [1.82, 2.24) is 5.32 Å². The predicted molar refractivity (Wildman–Crippen MR) is 76.8 cm³/mol. The molecular weight excluding hydrogens is 226 g/mol. The van der Waals surface area contributed by atoms with Crippen LogP contribution in [0.4, 0.5) is 4.79 Å². The lowest BCUT2D eigenvalue weighted by atomic mass is 10.0. The Hall–Kier alpha value is -0.730. The van der Waals surface area contributed by atoms with Gasteiger partial charge in [-0.3, -0.25) is 0 Å². The number of ether oxygens (including phenoxy) is 1. The molecule has 0 bridgehead atoms. The van der Waals surface area contributed by atoms with Crippen molar-refractivity contribution in [2.75, 3.05) is 13.2 Å². The van der Waals surface area contributed by atoms with Gasteiger partial charge in [-0.2, -0.15) is 0 Å². The van der Waals surface area contributed by atoms with Gasteiger partial charge in [0.2, 0.25) is 0 Å². The first kappa shape index (κ1) is 17.3.